The lowest BCUT2D eigenvalue weighted by atomic mass is 9.90. The molecule has 0 saturated carbocycles. The van der Waals surface area contributed by atoms with E-state index in [-0.39, 0.29) is 25.8 Å². The van der Waals surface area contributed by atoms with Crippen molar-refractivity contribution < 1.29 is 29.0 Å². The first-order valence-electron chi connectivity index (χ1n) is 7.58. The van der Waals surface area contributed by atoms with E-state index in [1.807, 2.05) is 0 Å². The summed E-state index contributed by atoms with van der Waals surface area (Å²) in [6.07, 6.45) is 0.407. The van der Waals surface area contributed by atoms with Crippen molar-refractivity contribution in [2.24, 2.45) is 5.41 Å². The zero-order chi connectivity index (χ0) is 17.3. The summed E-state index contributed by atoms with van der Waals surface area (Å²) in [5, 5.41) is 11.7. The summed E-state index contributed by atoms with van der Waals surface area (Å²) in [5.41, 5.74) is -0.555. The molecule has 1 saturated heterocycles. The summed E-state index contributed by atoms with van der Waals surface area (Å²) in [5.74, 6) is -0.545. The number of ether oxygens (including phenoxy) is 2. The second kappa shape index (κ2) is 6.03. The van der Waals surface area contributed by atoms with Gasteiger partial charge in [0.2, 0.25) is 12.7 Å². The Hall–Kier alpha value is -2.77. The Balaban J connectivity index is 1.55. The van der Waals surface area contributed by atoms with Gasteiger partial charge in [-0.25, -0.2) is 0 Å². The number of carboxylic acids is 1. The first kappa shape index (κ1) is 16.1. The predicted octanol–water partition coefficient (Wildman–Crippen LogP) is 0.468. The van der Waals surface area contributed by atoms with E-state index in [0.29, 0.717) is 30.0 Å². The molecule has 2 aliphatic heterocycles. The Labute approximate surface area is 138 Å². The van der Waals surface area contributed by atoms with E-state index in [0.717, 1.165) is 0 Å². The van der Waals surface area contributed by atoms with Crippen LogP contribution in [0.5, 0.6) is 11.5 Å². The first-order valence-corrected chi connectivity index (χ1v) is 7.58. The molecule has 0 radical (unpaired) electrons. The maximum atomic E-state index is 12.2. The number of likely N-dealkylation sites (tertiary alicyclic amines) is 1. The Morgan fingerprint density at radius 3 is 2.75 bits per heavy atom. The molecule has 8 nitrogen and oxygen atoms in total. The van der Waals surface area contributed by atoms with Crippen LogP contribution in [0, 0.1) is 5.41 Å². The van der Waals surface area contributed by atoms with E-state index < -0.39 is 17.3 Å². The smallest absolute Gasteiger partial charge is 0.311 e. The average Bonchev–Trinajstić information content (AvgIpc) is 3.18. The predicted molar refractivity (Wildman–Crippen MR) is 81.8 cm³/mol. The summed E-state index contributed by atoms with van der Waals surface area (Å²) in [6, 6.07) is 4.78. The largest absolute Gasteiger partial charge is 0.481 e. The van der Waals surface area contributed by atoms with Gasteiger partial charge in [-0.15, -0.1) is 0 Å². The molecule has 24 heavy (non-hydrogen) atoms. The summed E-state index contributed by atoms with van der Waals surface area (Å²) < 4.78 is 10.4. The van der Waals surface area contributed by atoms with Gasteiger partial charge in [0.15, 0.2) is 11.5 Å². The number of amides is 2. The number of benzene rings is 1. The Morgan fingerprint density at radius 2 is 2.04 bits per heavy atom. The molecule has 1 fully saturated rings. The lowest BCUT2D eigenvalue weighted by molar-refractivity contribution is -0.147. The van der Waals surface area contributed by atoms with Crippen LogP contribution in [0.4, 0.5) is 0 Å². The molecular weight excluding hydrogens is 316 g/mol. The lowest BCUT2D eigenvalue weighted by Gasteiger charge is -2.20. The SMILES string of the molecule is CC1(C(=O)O)CCN(C(=O)CNC(=O)c2ccc3c(c2)OCO3)C1. The monoisotopic (exact) mass is 334 g/mol. The molecule has 0 aliphatic carbocycles. The minimum absolute atomic E-state index is 0.121. The van der Waals surface area contributed by atoms with Crippen LogP contribution in [0.1, 0.15) is 23.7 Å². The van der Waals surface area contributed by atoms with E-state index in [1.54, 1.807) is 25.1 Å². The number of carboxylic acid groups (broad SMARTS) is 1. The number of rotatable bonds is 4. The molecule has 1 atom stereocenters. The van der Waals surface area contributed by atoms with Crippen molar-refractivity contribution in [3.05, 3.63) is 23.8 Å². The highest BCUT2D eigenvalue weighted by atomic mass is 16.7. The second-order valence-corrected chi connectivity index (χ2v) is 6.18. The summed E-state index contributed by atoms with van der Waals surface area (Å²) in [4.78, 5) is 37.0. The van der Waals surface area contributed by atoms with Crippen LogP contribution in [0.25, 0.3) is 0 Å². The van der Waals surface area contributed by atoms with Gasteiger partial charge >= 0.3 is 5.97 Å². The standard InChI is InChI=1S/C16H18N2O6/c1-16(15(21)22)4-5-18(8-16)13(19)7-17-14(20)10-2-3-11-12(6-10)24-9-23-11/h2-3,6H,4-5,7-9H2,1H3,(H,17,20)(H,21,22). The van der Waals surface area contributed by atoms with Crippen LogP contribution < -0.4 is 14.8 Å². The van der Waals surface area contributed by atoms with Crippen molar-refractivity contribution in [2.45, 2.75) is 13.3 Å². The molecule has 2 aliphatic rings. The molecule has 1 aromatic carbocycles. The number of fused-ring (bicyclic) bond motifs is 1. The molecule has 8 heteroatoms. The zero-order valence-electron chi connectivity index (χ0n) is 13.2. The lowest BCUT2D eigenvalue weighted by Crippen LogP contribution is -2.41. The van der Waals surface area contributed by atoms with Crippen molar-refractivity contribution in [2.75, 3.05) is 26.4 Å². The number of nitrogens with zero attached hydrogens (tertiary/aromatic N) is 1. The van der Waals surface area contributed by atoms with Crippen molar-refractivity contribution >= 4 is 17.8 Å². The summed E-state index contributed by atoms with van der Waals surface area (Å²) in [6.45, 7) is 2.09. The van der Waals surface area contributed by atoms with Gasteiger partial charge < -0.3 is 24.8 Å². The number of carbonyl (C=O) groups is 3. The normalized spacial score (nSPS) is 21.6. The number of hydrogen-bond donors (Lipinski definition) is 2. The Morgan fingerprint density at radius 1 is 1.29 bits per heavy atom. The summed E-state index contributed by atoms with van der Waals surface area (Å²) >= 11 is 0. The Kier molecular flexibility index (Phi) is 4.04. The van der Waals surface area contributed by atoms with Crippen LogP contribution in [0.2, 0.25) is 0 Å². The molecule has 1 unspecified atom stereocenters. The first-order chi connectivity index (χ1) is 11.4. The minimum Gasteiger partial charge on any atom is -0.481 e. The minimum atomic E-state index is -0.920. The zero-order valence-corrected chi connectivity index (χ0v) is 13.2. The summed E-state index contributed by atoms with van der Waals surface area (Å²) in [7, 11) is 0. The average molecular weight is 334 g/mol. The molecule has 128 valence electrons. The van der Waals surface area contributed by atoms with Crippen LogP contribution in [0.3, 0.4) is 0 Å². The van der Waals surface area contributed by atoms with Crippen molar-refractivity contribution in [1.29, 1.82) is 0 Å². The van der Waals surface area contributed by atoms with Crippen LogP contribution in [0.15, 0.2) is 18.2 Å². The van der Waals surface area contributed by atoms with E-state index in [9.17, 15) is 19.5 Å². The molecular formula is C16H18N2O6. The third-order valence-electron chi connectivity index (χ3n) is 4.38. The third-order valence-corrected chi connectivity index (χ3v) is 4.38. The maximum Gasteiger partial charge on any atom is 0.311 e. The van der Waals surface area contributed by atoms with Gasteiger partial charge in [-0.1, -0.05) is 0 Å². The number of nitrogens with one attached hydrogen (secondary N) is 1. The van der Waals surface area contributed by atoms with Gasteiger partial charge in [-0.3, -0.25) is 14.4 Å². The number of carbonyl (C=O) groups excluding carboxylic acids is 2. The highest BCUT2D eigenvalue weighted by Gasteiger charge is 2.41. The Bertz CT molecular complexity index is 704. The van der Waals surface area contributed by atoms with E-state index >= 15 is 0 Å². The molecule has 2 heterocycles. The molecule has 0 bridgehead atoms. The van der Waals surface area contributed by atoms with E-state index in [2.05, 4.69) is 5.32 Å². The fourth-order valence-corrected chi connectivity index (χ4v) is 2.76. The number of aliphatic carboxylic acids is 1. The van der Waals surface area contributed by atoms with Gasteiger partial charge in [0.25, 0.3) is 5.91 Å². The fourth-order valence-electron chi connectivity index (χ4n) is 2.76. The highest BCUT2D eigenvalue weighted by molar-refractivity contribution is 5.97. The van der Waals surface area contributed by atoms with Crippen molar-refractivity contribution in [3.8, 4) is 11.5 Å². The van der Waals surface area contributed by atoms with Gasteiger partial charge in [0, 0.05) is 18.7 Å². The number of hydrogen-bond acceptors (Lipinski definition) is 5. The van der Waals surface area contributed by atoms with Crippen LogP contribution in [-0.2, 0) is 9.59 Å². The van der Waals surface area contributed by atoms with Gasteiger partial charge in [0.1, 0.15) is 0 Å². The van der Waals surface area contributed by atoms with Crippen LogP contribution >= 0.6 is 0 Å². The fraction of sp³-hybridized carbons (Fsp3) is 0.438. The van der Waals surface area contributed by atoms with Crippen molar-refractivity contribution in [1.82, 2.24) is 10.2 Å². The second-order valence-electron chi connectivity index (χ2n) is 6.18. The van der Waals surface area contributed by atoms with Gasteiger partial charge in [-0.05, 0) is 31.5 Å². The van der Waals surface area contributed by atoms with Gasteiger partial charge in [-0.2, -0.15) is 0 Å². The third kappa shape index (κ3) is 2.99. The molecule has 0 spiro atoms. The molecule has 2 amide bonds. The van der Waals surface area contributed by atoms with Crippen LogP contribution in [-0.4, -0.2) is 54.2 Å². The molecule has 2 N–H and O–H groups in total. The topological polar surface area (TPSA) is 105 Å². The quantitative estimate of drug-likeness (QED) is 0.829. The van der Waals surface area contributed by atoms with E-state index in [4.69, 9.17) is 9.47 Å². The van der Waals surface area contributed by atoms with E-state index in [1.165, 1.54) is 4.90 Å². The maximum absolute atomic E-state index is 12.2. The van der Waals surface area contributed by atoms with Crippen molar-refractivity contribution in [3.63, 3.8) is 0 Å². The molecule has 3 rings (SSSR count). The molecule has 0 aromatic heterocycles. The highest BCUT2D eigenvalue weighted by Crippen LogP contribution is 2.32. The molecule has 1 aromatic rings. The van der Waals surface area contributed by atoms with Gasteiger partial charge in [0.05, 0.1) is 12.0 Å².